The summed E-state index contributed by atoms with van der Waals surface area (Å²) in [5, 5.41) is 6.29. The zero-order valence-corrected chi connectivity index (χ0v) is 26.2. The number of hydrogen-bond acceptors (Lipinski definition) is 8. The number of rotatable bonds is 8. The number of benzene rings is 1. The molecule has 2 aromatic rings. The minimum atomic E-state index is -0.259. The molecule has 0 aliphatic carbocycles. The molecule has 1 aromatic carbocycles. The monoisotopic (exact) mass is 564 g/mol. The third kappa shape index (κ3) is 12.0. The summed E-state index contributed by atoms with van der Waals surface area (Å²) in [7, 11) is 4.98. The van der Waals surface area contributed by atoms with Gasteiger partial charge < -0.3 is 25.0 Å². The van der Waals surface area contributed by atoms with Crippen molar-refractivity contribution in [2.75, 3.05) is 57.7 Å². The Morgan fingerprint density at radius 1 is 1.10 bits per heavy atom. The smallest absolute Gasteiger partial charge is 0.274 e. The fourth-order valence-corrected chi connectivity index (χ4v) is 3.80. The van der Waals surface area contributed by atoms with Crippen LogP contribution in [0.1, 0.15) is 46.6 Å². The van der Waals surface area contributed by atoms with E-state index in [1.165, 1.54) is 12.0 Å². The van der Waals surface area contributed by atoms with Gasteiger partial charge >= 0.3 is 0 Å². The molecule has 3 rings (SSSR count). The second kappa shape index (κ2) is 20.0. The second-order valence-electron chi connectivity index (χ2n) is 9.15. The van der Waals surface area contributed by atoms with Crippen molar-refractivity contribution >= 4 is 29.2 Å². The molecule has 0 radical (unpaired) electrons. The van der Waals surface area contributed by atoms with Crippen LogP contribution in [0.2, 0.25) is 0 Å². The van der Waals surface area contributed by atoms with Crippen LogP contribution >= 0.6 is 0 Å². The molecule has 0 unspecified atom stereocenters. The quantitative estimate of drug-likeness (QED) is 0.307. The van der Waals surface area contributed by atoms with Gasteiger partial charge in [0, 0.05) is 56.9 Å². The minimum Gasteiger partial charge on any atom is -0.493 e. The maximum absolute atomic E-state index is 12.8. The lowest BCUT2D eigenvalue weighted by atomic mass is 10.2. The average molecular weight is 565 g/mol. The van der Waals surface area contributed by atoms with Gasteiger partial charge in [-0.3, -0.25) is 14.8 Å². The van der Waals surface area contributed by atoms with Gasteiger partial charge in [0.15, 0.2) is 11.5 Å². The third-order valence-corrected chi connectivity index (χ3v) is 5.83. The van der Waals surface area contributed by atoms with Crippen molar-refractivity contribution in [2.45, 2.75) is 48.0 Å². The molecular weight excluding hydrogens is 516 g/mol. The summed E-state index contributed by atoms with van der Waals surface area (Å²) < 4.78 is 10.2. The summed E-state index contributed by atoms with van der Waals surface area (Å²) in [6.07, 6.45) is 10.0. The van der Waals surface area contributed by atoms with Gasteiger partial charge in [0.25, 0.3) is 5.91 Å². The summed E-state index contributed by atoms with van der Waals surface area (Å²) in [5.74, 6) is 1.30. The molecule has 1 saturated heterocycles. The van der Waals surface area contributed by atoms with Gasteiger partial charge in [-0.25, -0.2) is 4.99 Å². The number of ether oxygens (including phenoxy) is 2. The highest BCUT2D eigenvalue weighted by Crippen LogP contribution is 2.27. The van der Waals surface area contributed by atoms with Crippen LogP contribution in [0.25, 0.3) is 0 Å². The lowest BCUT2D eigenvalue weighted by molar-refractivity contribution is -0.112. The number of hydrogen-bond donors (Lipinski definition) is 2. The van der Waals surface area contributed by atoms with Crippen LogP contribution in [0.3, 0.4) is 0 Å². The Kier molecular flexibility index (Phi) is 17.1. The van der Waals surface area contributed by atoms with Crippen molar-refractivity contribution in [3.05, 3.63) is 65.6 Å². The minimum absolute atomic E-state index is 0.259. The van der Waals surface area contributed by atoms with Gasteiger partial charge in [0.1, 0.15) is 5.70 Å². The molecule has 1 aliphatic heterocycles. The van der Waals surface area contributed by atoms with Crippen molar-refractivity contribution in [2.24, 2.45) is 9.98 Å². The number of amides is 1. The zero-order valence-electron chi connectivity index (χ0n) is 26.2. The van der Waals surface area contributed by atoms with Gasteiger partial charge in [0.2, 0.25) is 0 Å². The largest absolute Gasteiger partial charge is 0.493 e. The number of pyridine rings is 1. The highest BCUT2D eigenvalue weighted by Gasteiger charge is 2.17. The van der Waals surface area contributed by atoms with Crippen LogP contribution in [0.15, 0.2) is 70.1 Å². The van der Waals surface area contributed by atoms with Crippen molar-refractivity contribution in [1.82, 2.24) is 10.3 Å². The number of allylic oxidation sites excluding steroid dienone is 3. The summed E-state index contributed by atoms with van der Waals surface area (Å²) in [5.41, 5.74) is 4.81. The van der Waals surface area contributed by atoms with Crippen LogP contribution in [-0.4, -0.2) is 70.3 Å². The summed E-state index contributed by atoms with van der Waals surface area (Å²) in [6, 6.07) is 7.76. The van der Waals surface area contributed by atoms with E-state index >= 15 is 0 Å². The molecule has 2 N–H and O–H groups in total. The Balaban J connectivity index is 0.000000496. The van der Waals surface area contributed by atoms with Crippen molar-refractivity contribution in [1.29, 1.82) is 0 Å². The maximum Gasteiger partial charge on any atom is 0.274 e. The number of aryl methyl sites for hydroxylation is 1. The first-order valence-electron chi connectivity index (χ1n) is 14.0. The van der Waals surface area contributed by atoms with E-state index in [-0.39, 0.29) is 5.91 Å². The molecule has 224 valence electrons. The molecule has 2 heterocycles. The molecule has 41 heavy (non-hydrogen) atoms. The standard InChI is InChI=1S/C20H28N6O.C9H12O2.C3H8/c1-5-16(13-21-4)15(3)24-17(6-2)20(27)25-18-14-23-8-7-19(18)26-11-9-22-10-12-26;1-7-4-5-8(10-2)9(6-7)11-3;1-3-2/h5-8,13-14,22H,9-12H2,1-4H3,(H,25,27);4-6H,1-3H3;3H2,1-2H3/b16-5+,17-6-,21-13?,24-15+;;. The van der Waals surface area contributed by atoms with Crippen molar-refractivity contribution < 1.29 is 14.3 Å². The topological polar surface area (TPSA) is 100 Å². The number of carbonyl (C=O) groups excluding carboxylic acids is 1. The molecule has 0 spiro atoms. The van der Waals surface area contributed by atoms with Gasteiger partial charge in [-0.05, 0) is 51.5 Å². The molecule has 1 aromatic heterocycles. The molecule has 1 amide bonds. The number of methoxy groups -OCH3 is 2. The van der Waals surface area contributed by atoms with Gasteiger partial charge in [-0.15, -0.1) is 0 Å². The summed E-state index contributed by atoms with van der Waals surface area (Å²) >= 11 is 0. The fourth-order valence-electron chi connectivity index (χ4n) is 3.80. The van der Waals surface area contributed by atoms with E-state index in [9.17, 15) is 4.79 Å². The van der Waals surface area contributed by atoms with Crippen LogP contribution in [0, 0.1) is 6.92 Å². The van der Waals surface area contributed by atoms with Gasteiger partial charge in [0.05, 0.1) is 31.8 Å². The predicted molar refractivity (Wildman–Crippen MR) is 173 cm³/mol. The van der Waals surface area contributed by atoms with E-state index in [1.54, 1.807) is 52.9 Å². The van der Waals surface area contributed by atoms with E-state index in [0.29, 0.717) is 11.4 Å². The molecule has 1 fully saturated rings. The van der Waals surface area contributed by atoms with E-state index in [1.807, 2.05) is 51.1 Å². The highest BCUT2D eigenvalue weighted by atomic mass is 16.5. The van der Waals surface area contributed by atoms with Crippen LogP contribution < -0.4 is 25.0 Å². The number of aromatic nitrogens is 1. The number of nitrogens with one attached hydrogen (secondary N) is 2. The summed E-state index contributed by atoms with van der Waals surface area (Å²) in [4.78, 5) is 27.7. The molecule has 0 atom stereocenters. The number of carbonyl (C=O) groups is 1. The SMILES string of the molecule is CCC.COc1ccc(C)cc1OC.C\C=C(/N=C(C)/C(C=NC)=C/C)C(=O)Nc1cnccc1N1CCNCC1. The molecule has 9 nitrogen and oxygen atoms in total. The van der Waals surface area contributed by atoms with Crippen LogP contribution in [0.4, 0.5) is 11.4 Å². The Morgan fingerprint density at radius 2 is 1.76 bits per heavy atom. The Bertz CT molecular complexity index is 1200. The Morgan fingerprint density at radius 3 is 2.32 bits per heavy atom. The van der Waals surface area contributed by atoms with E-state index in [0.717, 1.165) is 54.7 Å². The van der Waals surface area contributed by atoms with Crippen LogP contribution in [0.5, 0.6) is 11.5 Å². The Hall–Kier alpha value is -3.98. The van der Waals surface area contributed by atoms with Crippen molar-refractivity contribution in [3.63, 3.8) is 0 Å². The zero-order chi connectivity index (χ0) is 30.6. The summed E-state index contributed by atoms with van der Waals surface area (Å²) in [6.45, 7) is 15.5. The molecule has 0 saturated carbocycles. The van der Waals surface area contributed by atoms with E-state index in [2.05, 4.69) is 44.3 Å². The van der Waals surface area contributed by atoms with E-state index < -0.39 is 0 Å². The lowest BCUT2D eigenvalue weighted by Gasteiger charge is -2.30. The van der Waals surface area contributed by atoms with Gasteiger partial charge in [-0.2, -0.15) is 0 Å². The highest BCUT2D eigenvalue weighted by molar-refractivity contribution is 6.17. The normalized spacial score (nSPS) is 14.0. The number of piperazine rings is 1. The first kappa shape index (κ1) is 35.0. The number of nitrogens with zero attached hydrogens (tertiary/aromatic N) is 4. The molecule has 0 bridgehead atoms. The number of anilines is 2. The average Bonchev–Trinajstić information content (AvgIpc) is 2.99. The first-order valence-corrected chi connectivity index (χ1v) is 14.0. The Labute approximate surface area is 246 Å². The maximum atomic E-state index is 12.8. The molecule has 9 heteroatoms. The van der Waals surface area contributed by atoms with Crippen LogP contribution in [-0.2, 0) is 4.79 Å². The molecule has 1 aliphatic rings. The predicted octanol–water partition coefficient (Wildman–Crippen LogP) is 5.87. The first-order chi connectivity index (χ1) is 19.8. The number of aliphatic imine (C=N–C) groups is 2. The fraction of sp³-hybridized carbons (Fsp3) is 0.438. The molecular formula is C32H48N6O3. The second-order valence-corrected chi connectivity index (χ2v) is 9.15. The third-order valence-electron chi connectivity index (χ3n) is 5.83. The lowest BCUT2D eigenvalue weighted by Crippen LogP contribution is -2.43. The van der Waals surface area contributed by atoms with E-state index in [4.69, 9.17) is 9.47 Å². The van der Waals surface area contributed by atoms with Gasteiger partial charge in [-0.1, -0.05) is 38.5 Å². The van der Waals surface area contributed by atoms with Crippen molar-refractivity contribution in [3.8, 4) is 11.5 Å².